The number of anilines is 4. The van der Waals surface area contributed by atoms with Gasteiger partial charge in [0.05, 0.1) is 21.2 Å². The monoisotopic (exact) mass is 535 g/mol. The molecule has 0 aliphatic heterocycles. The molecule has 0 radical (unpaired) electrons. The van der Waals surface area contributed by atoms with E-state index in [1.54, 1.807) is 42.5 Å². The fourth-order valence-corrected chi connectivity index (χ4v) is 9.51. The molecule has 0 bridgehead atoms. The zero-order chi connectivity index (χ0) is 25.9. The van der Waals surface area contributed by atoms with Crippen LogP contribution in [0.4, 0.5) is 27.5 Å². The molecule has 35 heavy (non-hydrogen) atoms. The first-order valence-corrected chi connectivity index (χ1v) is 18.2. The van der Waals surface area contributed by atoms with Crippen LogP contribution in [0.5, 0.6) is 0 Å². The average molecular weight is 536 g/mol. The van der Waals surface area contributed by atoms with E-state index in [-0.39, 0.29) is 11.7 Å². The maximum atomic E-state index is 14.0. The number of nitrogens with one attached hydrogen (secondary N) is 2. The van der Waals surface area contributed by atoms with Gasteiger partial charge in [-0.05, 0) is 61.0 Å². The van der Waals surface area contributed by atoms with Gasteiger partial charge in [0.25, 0.3) is 10.0 Å². The summed E-state index contributed by atoms with van der Waals surface area (Å²) in [7, 11) is -8.50. The predicted octanol–water partition coefficient (Wildman–Crippen LogP) is 5.54. The molecule has 2 N–H and O–H groups in total. The molecular weight excluding hydrogens is 506 g/mol. The first-order chi connectivity index (χ1) is 16.2. The molecule has 0 aliphatic carbocycles. The van der Waals surface area contributed by atoms with Gasteiger partial charge in [-0.15, -0.1) is 3.77 Å². The standard InChI is InChI=1S/C23H30FN5O3S2Si/c1-17-6-11-20(24)21(16-17)27-22-12-13-25-23(28-22)26-18-7-9-19(10-8-18)33(2,30)29-34(31,32)14-15-35(3,4)5/h6-13,16H,14-15H2,1-5H3,(H2,25,26,27,28). The lowest BCUT2D eigenvalue weighted by atomic mass is 10.2. The van der Waals surface area contributed by atoms with Crippen LogP contribution in [0.3, 0.4) is 0 Å². The highest BCUT2D eigenvalue weighted by atomic mass is 32.3. The molecule has 3 aromatic rings. The van der Waals surface area contributed by atoms with Crippen LogP contribution in [0.2, 0.25) is 25.7 Å². The second-order valence-corrected chi connectivity index (χ2v) is 19.4. The Labute approximate surface area is 207 Å². The number of aryl methyl sites for hydroxylation is 1. The van der Waals surface area contributed by atoms with Crippen molar-refractivity contribution in [1.82, 2.24) is 9.97 Å². The van der Waals surface area contributed by atoms with Crippen molar-refractivity contribution in [2.75, 3.05) is 22.6 Å². The molecule has 188 valence electrons. The minimum atomic E-state index is -3.80. The van der Waals surface area contributed by atoms with E-state index in [0.717, 1.165) is 5.56 Å². The topological polar surface area (TPSA) is 113 Å². The molecule has 1 atom stereocenters. The van der Waals surface area contributed by atoms with Crippen molar-refractivity contribution in [3.05, 3.63) is 66.1 Å². The van der Waals surface area contributed by atoms with Crippen molar-refractivity contribution in [3.63, 3.8) is 0 Å². The molecule has 3 rings (SSSR count). The molecule has 0 saturated heterocycles. The molecular formula is C23H30FN5O3S2Si. The Morgan fingerprint density at radius 2 is 1.69 bits per heavy atom. The maximum Gasteiger partial charge on any atom is 0.260 e. The fourth-order valence-electron chi connectivity index (χ4n) is 3.01. The highest BCUT2D eigenvalue weighted by Gasteiger charge is 2.20. The normalized spacial score (nSPS) is 13.7. The zero-order valence-corrected chi connectivity index (χ0v) is 23.0. The van der Waals surface area contributed by atoms with E-state index in [1.165, 1.54) is 18.5 Å². The Morgan fingerprint density at radius 1 is 1.00 bits per heavy atom. The van der Waals surface area contributed by atoms with Gasteiger partial charge < -0.3 is 10.6 Å². The predicted molar refractivity (Wildman–Crippen MR) is 143 cm³/mol. The molecule has 1 unspecified atom stereocenters. The van der Waals surface area contributed by atoms with Crippen LogP contribution in [0.25, 0.3) is 0 Å². The molecule has 2 aromatic carbocycles. The minimum absolute atomic E-state index is 0.0959. The third-order valence-electron chi connectivity index (χ3n) is 4.95. The van der Waals surface area contributed by atoms with Crippen molar-refractivity contribution in [2.45, 2.75) is 37.5 Å². The average Bonchev–Trinajstić information content (AvgIpc) is 2.75. The summed E-state index contributed by atoms with van der Waals surface area (Å²) < 4.78 is 55.6. The Morgan fingerprint density at radius 3 is 2.34 bits per heavy atom. The summed E-state index contributed by atoms with van der Waals surface area (Å²) in [5.74, 6) is 0.186. The number of sulfonamides is 1. The van der Waals surface area contributed by atoms with Crippen LogP contribution in [-0.4, -0.2) is 42.7 Å². The smallest absolute Gasteiger partial charge is 0.260 e. The van der Waals surface area contributed by atoms with E-state index in [4.69, 9.17) is 0 Å². The largest absolute Gasteiger partial charge is 0.338 e. The van der Waals surface area contributed by atoms with E-state index < -0.39 is 33.6 Å². The quantitative estimate of drug-likeness (QED) is 0.346. The number of benzene rings is 2. The second-order valence-electron chi connectivity index (χ2n) is 9.50. The van der Waals surface area contributed by atoms with Crippen molar-refractivity contribution < 1.29 is 17.0 Å². The third kappa shape index (κ3) is 8.11. The molecule has 8 nitrogen and oxygen atoms in total. The first kappa shape index (κ1) is 26.8. The number of rotatable bonds is 9. The highest BCUT2D eigenvalue weighted by Crippen LogP contribution is 2.23. The molecule has 1 aromatic heterocycles. The van der Waals surface area contributed by atoms with E-state index in [0.29, 0.717) is 28.1 Å². The molecule has 0 fully saturated rings. The lowest BCUT2D eigenvalue weighted by Gasteiger charge is -2.14. The lowest BCUT2D eigenvalue weighted by Crippen LogP contribution is -2.23. The van der Waals surface area contributed by atoms with Crippen LogP contribution in [-0.2, 0) is 19.8 Å². The highest BCUT2D eigenvalue weighted by molar-refractivity contribution is 8.03. The lowest BCUT2D eigenvalue weighted by molar-refractivity contribution is 0.599. The van der Waals surface area contributed by atoms with Crippen molar-refractivity contribution in [2.24, 2.45) is 3.77 Å². The molecule has 0 aliphatic rings. The number of halogens is 1. The summed E-state index contributed by atoms with van der Waals surface area (Å²) in [5, 5.41) is 5.97. The third-order valence-corrected chi connectivity index (χ3v) is 11.0. The van der Waals surface area contributed by atoms with Crippen LogP contribution in [0.15, 0.2) is 63.4 Å². The van der Waals surface area contributed by atoms with Gasteiger partial charge in [0.2, 0.25) is 5.95 Å². The Hall–Kier alpha value is -2.83. The van der Waals surface area contributed by atoms with Gasteiger partial charge in [-0.25, -0.2) is 22.0 Å². The van der Waals surface area contributed by atoms with Crippen LogP contribution < -0.4 is 10.6 Å². The van der Waals surface area contributed by atoms with Gasteiger partial charge in [0, 0.05) is 31.1 Å². The van der Waals surface area contributed by atoms with Gasteiger partial charge in [-0.2, -0.15) is 4.98 Å². The van der Waals surface area contributed by atoms with E-state index >= 15 is 0 Å². The van der Waals surface area contributed by atoms with E-state index in [1.807, 2.05) is 6.92 Å². The molecule has 1 heterocycles. The summed E-state index contributed by atoms with van der Waals surface area (Å²) in [6.45, 7) is 8.10. The molecule has 12 heteroatoms. The molecule has 0 saturated carbocycles. The Bertz CT molecular complexity index is 1430. The molecule has 0 spiro atoms. The minimum Gasteiger partial charge on any atom is -0.338 e. The van der Waals surface area contributed by atoms with Crippen molar-refractivity contribution in [3.8, 4) is 0 Å². The number of hydrogen-bond donors (Lipinski definition) is 2. The second kappa shape index (κ2) is 10.4. The van der Waals surface area contributed by atoms with Gasteiger partial charge in [-0.3, -0.25) is 0 Å². The number of nitrogens with zero attached hydrogens (tertiary/aromatic N) is 3. The van der Waals surface area contributed by atoms with Crippen LogP contribution in [0, 0.1) is 12.7 Å². The zero-order valence-electron chi connectivity index (χ0n) is 20.4. The fraction of sp³-hybridized carbons (Fsp3) is 0.304. The summed E-state index contributed by atoms with van der Waals surface area (Å²) in [6, 6.07) is 13.3. The Balaban J connectivity index is 1.74. The number of hydrogen-bond acceptors (Lipinski definition) is 7. The van der Waals surface area contributed by atoms with Gasteiger partial charge in [-0.1, -0.05) is 25.7 Å². The van der Waals surface area contributed by atoms with Gasteiger partial charge >= 0.3 is 0 Å². The summed E-state index contributed by atoms with van der Waals surface area (Å²) in [5.41, 5.74) is 1.81. The van der Waals surface area contributed by atoms with Gasteiger partial charge in [0.1, 0.15) is 11.6 Å². The maximum absolute atomic E-state index is 14.0. The molecule has 0 amide bonds. The van der Waals surface area contributed by atoms with Gasteiger partial charge in [0.15, 0.2) is 0 Å². The first-order valence-electron chi connectivity index (χ1n) is 10.9. The Kier molecular flexibility index (Phi) is 7.97. The summed E-state index contributed by atoms with van der Waals surface area (Å²) in [4.78, 5) is 8.82. The SMILES string of the molecule is Cc1ccc(F)c(Nc2ccnc(Nc3ccc(S(C)(=O)=NS(=O)(=O)CC[Si](C)(C)C)cc3)n2)c1. The van der Waals surface area contributed by atoms with Crippen LogP contribution in [0.1, 0.15) is 5.56 Å². The van der Waals surface area contributed by atoms with E-state index in [2.05, 4.69) is 44.0 Å². The van der Waals surface area contributed by atoms with E-state index in [9.17, 15) is 17.0 Å². The van der Waals surface area contributed by atoms with Crippen LogP contribution >= 0.6 is 0 Å². The van der Waals surface area contributed by atoms with Crippen molar-refractivity contribution in [1.29, 1.82) is 0 Å². The summed E-state index contributed by atoms with van der Waals surface area (Å²) >= 11 is 0. The van der Waals surface area contributed by atoms with Crippen molar-refractivity contribution >= 4 is 51.0 Å². The summed E-state index contributed by atoms with van der Waals surface area (Å²) in [6.07, 6.45) is 2.85. The number of aromatic nitrogens is 2.